The average Bonchev–Trinajstić information content (AvgIpc) is 2.28. The Kier molecular flexibility index (Phi) is 6.06. The molecule has 88 valence electrons. The van der Waals surface area contributed by atoms with Crippen molar-refractivity contribution in [1.82, 2.24) is 5.43 Å². The van der Waals surface area contributed by atoms with E-state index in [2.05, 4.69) is 27.9 Å². The van der Waals surface area contributed by atoms with Crippen LogP contribution in [0.1, 0.15) is 30.9 Å². The van der Waals surface area contributed by atoms with Crippen molar-refractivity contribution in [3.63, 3.8) is 0 Å². The van der Waals surface area contributed by atoms with Crippen LogP contribution >= 0.6 is 27.5 Å². The summed E-state index contributed by atoms with van der Waals surface area (Å²) in [6.45, 7) is 3.70. The lowest BCUT2D eigenvalue weighted by molar-refractivity contribution is 0.501. The largest absolute Gasteiger partial charge is 0.271 e. The van der Waals surface area contributed by atoms with E-state index in [0.717, 1.165) is 34.3 Å². The van der Waals surface area contributed by atoms with E-state index in [1.165, 1.54) is 0 Å². The van der Waals surface area contributed by atoms with Crippen molar-refractivity contribution in [3.05, 3.63) is 45.9 Å². The molecule has 0 aliphatic rings. The Morgan fingerprint density at radius 1 is 1.56 bits per heavy atom. The van der Waals surface area contributed by atoms with Gasteiger partial charge < -0.3 is 0 Å². The summed E-state index contributed by atoms with van der Waals surface area (Å²) in [6.07, 6.45) is 4.89. The first-order chi connectivity index (χ1) is 7.69. The molecular weight excluding hydrogens is 288 g/mol. The van der Waals surface area contributed by atoms with Crippen molar-refractivity contribution < 1.29 is 0 Å². The Morgan fingerprint density at radius 2 is 2.31 bits per heavy atom. The Morgan fingerprint density at radius 3 is 2.94 bits per heavy atom. The van der Waals surface area contributed by atoms with E-state index >= 15 is 0 Å². The number of benzene rings is 1. The minimum atomic E-state index is 0.0879. The van der Waals surface area contributed by atoms with E-state index in [1.54, 1.807) is 0 Å². The molecule has 1 aromatic rings. The van der Waals surface area contributed by atoms with Crippen molar-refractivity contribution in [2.45, 2.75) is 25.3 Å². The molecule has 16 heavy (non-hydrogen) atoms. The molecule has 0 saturated carbocycles. The minimum absolute atomic E-state index is 0.0879. The monoisotopic (exact) mass is 302 g/mol. The van der Waals surface area contributed by atoms with E-state index in [0.29, 0.717) is 0 Å². The summed E-state index contributed by atoms with van der Waals surface area (Å²) in [5.41, 5.74) is 3.84. The Bertz CT molecular complexity index is 355. The molecule has 4 heteroatoms. The zero-order valence-corrected chi connectivity index (χ0v) is 11.4. The number of hydrazine groups is 1. The fourth-order valence-electron chi connectivity index (χ4n) is 1.58. The number of halogens is 2. The molecule has 0 saturated heterocycles. The molecule has 0 radical (unpaired) electrons. The third-order valence-electron chi connectivity index (χ3n) is 2.44. The molecule has 0 aliphatic heterocycles. The smallest absolute Gasteiger partial charge is 0.0475 e. The number of nitrogens with one attached hydrogen (secondary N) is 1. The van der Waals surface area contributed by atoms with Crippen LogP contribution in [0.4, 0.5) is 0 Å². The molecule has 1 atom stereocenters. The summed E-state index contributed by atoms with van der Waals surface area (Å²) in [7, 11) is 0. The summed E-state index contributed by atoms with van der Waals surface area (Å²) in [6, 6.07) is 5.88. The maximum Gasteiger partial charge on any atom is 0.0475 e. The lowest BCUT2D eigenvalue weighted by Gasteiger charge is -2.17. The fourth-order valence-corrected chi connectivity index (χ4v) is 2.20. The van der Waals surface area contributed by atoms with Crippen molar-refractivity contribution in [2.75, 3.05) is 0 Å². The molecule has 0 fully saturated rings. The summed E-state index contributed by atoms with van der Waals surface area (Å²) in [5, 5.41) is 0.741. The first-order valence-corrected chi connectivity index (χ1v) is 6.38. The average molecular weight is 304 g/mol. The van der Waals surface area contributed by atoms with Crippen molar-refractivity contribution in [2.24, 2.45) is 5.84 Å². The van der Waals surface area contributed by atoms with Gasteiger partial charge in [0, 0.05) is 15.5 Å². The molecule has 1 aromatic carbocycles. The minimum Gasteiger partial charge on any atom is -0.271 e. The molecule has 0 spiro atoms. The standard InChI is InChI=1S/C12H16BrClN2/c1-2-3-4-5-12(16-15)10-8-9(13)6-7-11(10)14/h2,6-8,12,16H,1,3-5,15H2. The van der Waals surface area contributed by atoms with E-state index in [9.17, 15) is 0 Å². The summed E-state index contributed by atoms with van der Waals surface area (Å²) in [5.74, 6) is 5.56. The highest BCUT2D eigenvalue weighted by atomic mass is 79.9. The first-order valence-electron chi connectivity index (χ1n) is 5.21. The zero-order chi connectivity index (χ0) is 12.0. The van der Waals surface area contributed by atoms with Crippen LogP contribution in [0.25, 0.3) is 0 Å². The van der Waals surface area contributed by atoms with Crippen molar-refractivity contribution in [1.29, 1.82) is 0 Å². The van der Waals surface area contributed by atoms with Gasteiger partial charge in [-0.25, -0.2) is 0 Å². The van der Waals surface area contributed by atoms with Crippen LogP contribution in [0, 0.1) is 0 Å². The van der Waals surface area contributed by atoms with E-state index < -0.39 is 0 Å². The zero-order valence-electron chi connectivity index (χ0n) is 9.05. The van der Waals surface area contributed by atoms with Crippen LogP contribution < -0.4 is 11.3 Å². The van der Waals surface area contributed by atoms with Gasteiger partial charge in [0.25, 0.3) is 0 Å². The van der Waals surface area contributed by atoms with Crippen LogP contribution in [-0.2, 0) is 0 Å². The van der Waals surface area contributed by atoms with Crippen molar-refractivity contribution in [3.8, 4) is 0 Å². The summed E-state index contributed by atoms with van der Waals surface area (Å²) >= 11 is 9.58. The molecular formula is C12H16BrClN2. The summed E-state index contributed by atoms with van der Waals surface area (Å²) < 4.78 is 1.01. The third-order valence-corrected chi connectivity index (χ3v) is 3.27. The van der Waals surface area contributed by atoms with Gasteiger partial charge in [-0.05, 0) is 43.0 Å². The Hall–Kier alpha value is -0.350. The van der Waals surface area contributed by atoms with Crippen LogP contribution in [0.3, 0.4) is 0 Å². The number of rotatable bonds is 6. The lowest BCUT2D eigenvalue weighted by Crippen LogP contribution is -2.28. The molecule has 0 bridgehead atoms. The molecule has 3 N–H and O–H groups in total. The number of hydrogen-bond acceptors (Lipinski definition) is 2. The highest BCUT2D eigenvalue weighted by Crippen LogP contribution is 2.28. The van der Waals surface area contributed by atoms with Gasteiger partial charge in [0.2, 0.25) is 0 Å². The van der Waals surface area contributed by atoms with E-state index in [1.807, 2.05) is 24.3 Å². The normalized spacial score (nSPS) is 12.4. The van der Waals surface area contributed by atoms with Gasteiger partial charge in [0.1, 0.15) is 0 Å². The predicted molar refractivity (Wildman–Crippen MR) is 73.3 cm³/mol. The van der Waals surface area contributed by atoms with Gasteiger partial charge in [0.05, 0.1) is 0 Å². The van der Waals surface area contributed by atoms with Crippen LogP contribution in [-0.4, -0.2) is 0 Å². The topological polar surface area (TPSA) is 38.0 Å². The van der Waals surface area contributed by atoms with E-state index in [-0.39, 0.29) is 6.04 Å². The molecule has 0 aromatic heterocycles. The Labute approximate surface area is 110 Å². The van der Waals surface area contributed by atoms with Gasteiger partial charge >= 0.3 is 0 Å². The highest BCUT2D eigenvalue weighted by molar-refractivity contribution is 9.10. The second-order valence-corrected chi connectivity index (χ2v) is 4.93. The van der Waals surface area contributed by atoms with Crippen LogP contribution in [0.2, 0.25) is 5.02 Å². The lowest BCUT2D eigenvalue weighted by atomic mass is 10.0. The highest BCUT2D eigenvalue weighted by Gasteiger charge is 2.12. The molecule has 0 amide bonds. The molecule has 2 nitrogen and oxygen atoms in total. The fraction of sp³-hybridized carbons (Fsp3) is 0.333. The maximum absolute atomic E-state index is 6.15. The number of allylic oxidation sites excluding steroid dienone is 1. The SMILES string of the molecule is C=CCCCC(NN)c1cc(Br)ccc1Cl. The quantitative estimate of drug-likeness (QED) is 0.361. The van der Waals surface area contributed by atoms with Gasteiger partial charge in [-0.3, -0.25) is 11.3 Å². The summed E-state index contributed by atoms with van der Waals surface area (Å²) in [4.78, 5) is 0. The van der Waals surface area contributed by atoms with Gasteiger partial charge in [-0.15, -0.1) is 6.58 Å². The molecule has 1 unspecified atom stereocenters. The van der Waals surface area contributed by atoms with Crippen molar-refractivity contribution >= 4 is 27.5 Å². The van der Waals surface area contributed by atoms with Gasteiger partial charge in [-0.1, -0.05) is 33.6 Å². The molecule has 1 rings (SSSR count). The second-order valence-electron chi connectivity index (χ2n) is 3.60. The van der Waals surface area contributed by atoms with Gasteiger partial charge in [0.15, 0.2) is 0 Å². The second kappa shape index (κ2) is 7.07. The van der Waals surface area contributed by atoms with Gasteiger partial charge in [-0.2, -0.15) is 0 Å². The predicted octanol–water partition coefficient (Wildman–Crippen LogP) is 3.96. The number of hydrogen-bond donors (Lipinski definition) is 2. The molecule has 0 heterocycles. The van der Waals surface area contributed by atoms with E-state index in [4.69, 9.17) is 17.4 Å². The van der Waals surface area contributed by atoms with Crippen LogP contribution in [0.15, 0.2) is 35.3 Å². The molecule has 0 aliphatic carbocycles. The Balaban J connectivity index is 2.77. The number of unbranched alkanes of at least 4 members (excludes halogenated alkanes) is 1. The van der Waals surface area contributed by atoms with Crippen LogP contribution in [0.5, 0.6) is 0 Å². The number of nitrogens with two attached hydrogens (primary N) is 1. The third kappa shape index (κ3) is 3.91. The maximum atomic E-state index is 6.15. The first kappa shape index (κ1) is 13.7.